The average molecular weight is 274 g/mol. The lowest BCUT2D eigenvalue weighted by molar-refractivity contribution is 0.0927. The third-order valence-electron chi connectivity index (χ3n) is 4.25. The lowest BCUT2D eigenvalue weighted by atomic mass is 9.96. The molecule has 0 bridgehead atoms. The van der Waals surface area contributed by atoms with Crippen LogP contribution in [0.5, 0.6) is 0 Å². The molecule has 0 radical (unpaired) electrons. The number of hydrogen-bond donors (Lipinski definition) is 2. The highest BCUT2D eigenvalue weighted by atomic mass is 16.1. The molecular weight excluding hydrogens is 252 g/mol. The Bertz CT molecular complexity index is 497. The molecule has 1 amide bonds. The Morgan fingerprint density at radius 2 is 2.20 bits per heavy atom. The first kappa shape index (κ1) is 13.5. The first-order valence-corrected chi connectivity index (χ1v) is 7.40. The molecule has 3 heterocycles. The van der Waals surface area contributed by atoms with Crippen molar-refractivity contribution in [1.82, 2.24) is 20.5 Å². The van der Waals surface area contributed by atoms with Crippen LogP contribution in [-0.2, 0) is 13.0 Å². The lowest BCUT2D eigenvalue weighted by Crippen LogP contribution is -2.43. The summed E-state index contributed by atoms with van der Waals surface area (Å²) >= 11 is 0. The lowest BCUT2D eigenvalue weighted by Gasteiger charge is -2.27. The Morgan fingerprint density at radius 3 is 3.00 bits per heavy atom. The molecule has 3 rings (SSSR count). The molecule has 0 saturated carbocycles. The smallest absolute Gasteiger partial charge is 0.253 e. The van der Waals surface area contributed by atoms with E-state index in [0.29, 0.717) is 6.04 Å². The second kappa shape index (κ2) is 5.89. The van der Waals surface area contributed by atoms with Gasteiger partial charge in [0.2, 0.25) is 0 Å². The van der Waals surface area contributed by atoms with Crippen LogP contribution in [0, 0.1) is 0 Å². The van der Waals surface area contributed by atoms with Crippen molar-refractivity contribution in [2.24, 2.45) is 0 Å². The highest BCUT2D eigenvalue weighted by Crippen LogP contribution is 2.21. The van der Waals surface area contributed by atoms with E-state index in [-0.39, 0.29) is 5.91 Å². The summed E-state index contributed by atoms with van der Waals surface area (Å²) in [6, 6.07) is 0.297. The topological polar surface area (TPSA) is 57.3 Å². The quantitative estimate of drug-likeness (QED) is 0.827. The number of carbonyl (C=O) groups excluding carboxylic acids is 1. The Hall–Kier alpha value is -1.46. The number of rotatable bonds is 2. The maximum atomic E-state index is 12.5. The predicted molar refractivity (Wildman–Crippen MR) is 77.6 cm³/mol. The van der Waals surface area contributed by atoms with E-state index >= 15 is 0 Å². The molecule has 2 aliphatic heterocycles. The van der Waals surface area contributed by atoms with Gasteiger partial charge in [-0.2, -0.15) is 0 Å². The molecule has 20 heavy (non-hydrogen) atoms. The van der Waals surface area contributed by atoms with Gasteiger partial charge in [0.15, 0.2) is 0 Å². The van der Waals surface area contributed by atoms with Crippen LogP contribution < -0.4 is 10.6 Å². The van der Waals surface area contributed by atoms with E-state index in [1.807, 2.05) is 6.20 Å². The van der Waals surface area contributed by atoms with Gasteiger partial charge in [-0.25, -0.2) is 0 Å². The predicted octanol–water partition coefficient (Wildman–Crippen LogP) is 0.551. The zero-order valence-electron chi connectivity index (χ0n) is 12.0. The van der Waals surface area contributed by atoms with Gasteiger partial charge in [0.05, 0.1) is 5.56 Å². The number of hydrogen-bond acceptors (Lipinski definition) is 4. The number of nitrogens with zero attached hydrogens (tertiary/aromatic N) is 2. The number of pyridine rings is 1. The molecular formula is C15H22N4O. The molecule has 5 heteroatoms. The minimum absolute atomic E-state index is 0.0470. The number of carbonyl (C=O) groups is 1. The van der Waals surface area contributed by atoms with Gasteiger partial charge in [-0.05, 0) is 50.5 Å². The van der Waals surface area contributed by atoms with Crippen molar-refractivity contribution < 1.29 is 4.79 Å². The monoisotopic (exact) mass is 274 g/mol. The van der Waals surface area contributed by atoms with E-state index in [9.17, 15) is 4.79 Å². The minimum Gasteiger partial charge on any atom is -0.349 e. The largest absolute Gasteiger partial charge is 0.349 e. The molecule has 1 saturated heterocycles. The zero-order valence-corrected chi connectivity index (χ0v) is 12.0. The summed E-state index contributed by atoms with van der Waals surface area (Å²) in [6.07, 6.45) is 6.57. The Kier molecular flexibility index (Phi) is 3.98. The number of amides is 1. The fraction of sp³-hybridized carbons (Fsp3) is 0.600. The van der Waals surface area contributed by atoms with Gasteiger partial charge in [0.25, 0.3) is 5.91 Å². The summed E-state index contributed by atoms with van der Waals surface area (Å²) in [5, 5.41) is 6.48. The highest BCUT2D eigenvalue weighted by molar-refractivity contribution is 5.96. The van der Waals surface area contributed by atoms with E-state index in [1.165, 1.54) is 11.1 Å². The summed E-state index contributed by atoms with van der Waals surface area (Å²) < 4.78 is 0. The summed E-state index contributed by atoms with van der Waals surface area (Å²) in [4.78, 5) is 19.0. The molecule has 1 aromatic rings. The molecule has 0 atom stereocenters. The normalized spacial score (nSPS) is 20.4. The molecule has 1 aromatic heterocycles. The van der Waals surface area contributed by atoms with E-state index in [4.69, 9.17) is 0 Å². The van der Waals surface area contributed by atoms with Crippen molar-refractivity contribution in [2.45, 2.75) is 31.8 Å². The van der Waals surface area contributed by atoms with Crippen molar-refractivity contribution in [3.63, 3.8) is 0 Å². The minimum atomic E-state index is 0.0470. The van der Waals surface area contributed by atoms with Crippen LogP contribution in [-0.4, -0.2) is 48.5 Å². The Morgan fingerprint density at radius 1 is 1.40 bits per heavy atom. The van der Waals surface area contributed by atoms with E-state index in [0.717, 1.165) is 51.0 Å². The molecule has 108 valence electrons. The Balaban J connectivity index is 1.76. The second-order valence-corrected chi connectivity index (χ2v) is 5.81. The molecule has 2 N–H and O–H groups in total. The van der Waals surface area contributed by atoms with Crippen molar-refractivity contribution >= 4 is 5.91 Å². The average Bonchev–Trinajstić information content (AvgIpc) is 2.47. The summed E-state index contributed by atoms with van der Waals surface area (Å²) in [6.45, 7) is 3.86. The van der Waals surface area contributed by atoms with E-state index < -0.39 is 0 Å². The number of likely N-dealkylation sites (N-methyl/N-ethyl adjacent to an activating group) is 1. The van der Waals surface area contributed by atoms with E-state index in [2.05, 4.69) is 27.6 Å². The van der Waals surface area contributed by atoms with Crippen LogP contribution in [0.3, 0.4) is 0 Å². The summed E-state index contributed by atoms with van der Waals surface area (Å²) in [5.74, 6) is 0.0470. The summed E-state index contributed by atoms with van der Waals surface area (Å²) in [7, 11) is 2.10. The fourth-order valence-electron chi connectivity index (χ4n) is 3.06. The molecule has 0 aliphatic carbocycles. The van der Waals surface area contributed by atoms with Gasteiger partial charge in [0, 0.05) is 31.5 Å². The molecule has 0 aromatic carbocycles. The van der Waals surface area contributed by atoms with Crippen LogP contribution in [0.4, 0.5) is 0 Å². The zero-order chi connectivity index (χ0) is 13.9. The maximum absolute atomic E-state index is 12.5. The number of nitrogens with one attached hydrogen (secondary N) is 2. The molecule has 0 unspecified atom stereocenters. The van der Waals surface area contributed by atoms with Gasteiger partial charge in [-0.15, -0.1) is 0 Å². The van der Waals surface area contributed by atoms with Gasteiger partial charge >= 0.3 is 0 Å². The second-order valence-electron chi connectivity index (χ2n) is 5.81. The van der Waals surface area contributed by atoms with Gasteiger partial charge in [-0.1, -0.05) is 0 Å². The first-order chi connectivity index (χ1) is 9.74. The molecule has 5 nitrogen and oxygen atoms in total. The van der Waals surface area contributed by atoms with Crippen molar-refractivity contribution in [3.8, 4) is 0 Å². The standard InChI is InChI=1S/C15H22N4O/c1-19-7-4-13-11(10-19)8-17-9-14(13)15(20)18-12-2-5-16-6-3-12/h8-9,12,16H,2-7,10H2,1H3,(H,18,20). The van der Waals surface area contributed by atoms with Gasteiger partial charge in [0.1, 0.15) is 0 Å². The third kappa shape index (κ3) is 2.83. The fourth-order valence-corrected chi connectivity index (χ4v) is 3.06. The van der Waals surface area contributed by atoms with Crippen molar-refractivity contribution in [3.05, 3.63) is 29.1 Å². The van der Waals surface area contributed by atoms with Crippen LogP contribution in [0.2, 0.25) is 0 Å². The Labute approximate surface area is 119 Å². The SMILES string of the molecule is CN1CCc2c(cncc2C(=O)NC2CCNCC2)C1. The number of piperidine rings is 1. The van der Waals surface area contributed by atoms with Crippen molar-refractivity contribution in [2.75, 3.05) is 26.7 Å². The van der Waals surface area contributed by atoms with Gasteiger partial charge < -0.3 is 15.5 Å². The van der Waals surface area contributed by atoms with Crippen LogP contribution in [0.15, 0.2) is 12.4 Å². The van der Waals surface area contributed by atoms with Crippen LogP contribution >= 0.6 is 0 Å². The van der Waals surface area contributed by atoms with Gasteiger partial charge in [-0.3, -0.25) is 9.78 Å². The molecule has 2 aliphatic rings. The summed E-state index contributed by atoms with van der Waals surface area (Å²) in [5.41, 5.74) is 3.15. The highest BCUT2D eigenvalue weighted by Gasteiger charge is 2.22. The van der Waals surface area contributed by atoms with E-state index in [1.54, 1.807) is 6.20 Å². The molecule has 0 spiro atoms. The first-order valence-electron chi connectivity index (χ1n) is 7.40. The van der Waals surface area contributed by atoms with Crippen LogP contribution in [0.1, 0.15) is 34.3 Å². The van der Waals surface area contributed by atoms with Crippen molar-refractivity contribution in [1.29, 1.82) is 0 Å². The number of aromatic nitrogens is 1. The third-order valence-corrected chi connectivity index (χ3v) is 4.25. The van der Waals surface area contributed by atoms with Crippen LogP contribution in [0.25, 0.3) is 0 Å². The number of fused-ring (bicyclic) bond motifs is 1. The maximum Gasteiger partial charge on any atom is 0.253 e. The molecule has 1 fully saturated rings.